The Morgan fingerprint density at radius 1 is 1.21 bits per heavy atom. The van der Waals surface area contributed by atoms with Gasteiger partial charge in [-0.25, -0.2) is 4.98 Å². The molecule has 1 N–H and O–H groups in total. The second-order valence-electron chi connectivity index (χ2n) is 5.74. The van der Waals surface area contributed by atoms with Gasteiger partial charge in [-0.1, -0.05) is 12.1 Å². The molecule has 0 saturated carbocycles. The summed E-state index contributed by atoms with van der Waals surface area (Å²) in [5.74, 6) is 0.846. The minimum absolute atomic E-state index is 0.664. The lowest BCUT2D eigenvalue weighted by Crippen LogP contribution is -2.35. The van der Waals surface area contributed by atoms with Gasteiger partial charge >= 0.3 is 0 Å². The molecule has 2 aliphatic rings. The van der Waals surface area contributed by atoms with Gasteiger partial charge in [-0.05, 0) is 31.4 Å². The fourth-order valence-electron chi connectivity index (χ4n) is 3.34. The van der Waals surface area contributed by atoms with Crippen LogP contribution in [0.25, 0.3) is 11.1 Å². The van der Waals surface area contributed by atoms with E-state index in [1.54, 1.807) is 0 Å². The summed E-state index contributed by atoms with van der Waals surface area (Å²) >= 11 is 0. The largest absolute Gasteiger partial charge is 0.439 e. The van der Waals surface area contributed by atoms with Crippen LogP contribution in [0.1, 0.15) is 25.2 Å². The average molecular weight is 257 g/mol. The number of aromatic nitrogens is 1. The number of fused-ring (bicyclic) bond motifs is 3. The molecule has 0 spiro atoms. The number of oxazole rings is 1. The number of nitrogens with zero attached hydrogens (tertiary/aromatic N) is 2. The molecule has 2 aromatic rings. The summed E-state index contributed by atoms with van der Waals surface area (Å²) in [5.41, 5.74) is 1.86. The Morgan fingerprint density at radius 3 is 3.05 bits per heavy atom. The zero-order valence-corrected chi connectivity index (χ0v) is 11.0. The third kappa shape index (κ3) is 2.26. The molecule has 2 fully saturated rings. The maximum Gasteiger partial charge on any atom is 0.209 e. The second-order valence-corrected chi connectivity index (χ2v) is 5.74. The number of hydrogen-bond acceptors (Lipinski definition) is 4. The number of nitrogens with one attached hydrogen (secondary N) is 1. The maximum absolute atomic E-state index is 5.82. The molecular formula is C15H19N3O. The Bertz CT molecular complexity index is 547. The van der Waals surface area contributed by atoms with E-state index >= 15 is 0 Å². The highest BCUT2D eigenvalue weighted by atomic mass is 16.3. The predicted molar refractivity (Wildman–Crippen MR) is 73.8 cm³/mol. The first kappa shape index (κ1) is 11.4. The van der Waals surface area contributed by atoms with E-state index in [-0.39, 0.29) is 0 Å². The van der Waals surface area contributed by atoms with Gasteiger partial charge in [0.2, 0.25) is 5.89 Å². The fraction of sp³-hybridized carbons (Fsp3) is 0.533. The zero-order chi connectivity index (χ0) is 12.7. The molecule has 0 amide bonds. The van der Waals surface area contributed by atoms with E-state index in [1.165, 1.54) is 19.3 Å². The minimum Gasteiger partial charge on any atom is -0.439 e. The highest BCUT2D eigenvalue weighted by Crippen LogP contribution is 2.22. The molecule has 3 heterocycles. The molecule has 100 valence electrons. The normalized spacial score (nSPS) is 27.8. The smallest absolute Gasteiger partial charge is 0.209 e. The summed E-state index contributed by atoms with van der Waals surface area (Å²) < 4.78 is 5.82. The first-order chi connectivity index (χ1) is 9.37. The van der Waals surface area contributed by atoms with Crippen molar-refractivity contribution in [3.63, 3.8) is 0 Å². The summed E-state index contributed by atoms with van der Waals surface area (Å²) in [4.78, 5) is 7.04. The van der Waals surface area contributed by atoms with Crippen LogP contribution in [0.5, 0.6) is 0 Å². The van der Waals surface area contributed by atoms with E-state index in [1.807, 2.05) is 24.3 Å². The number of rotatable bonds is 2. The van der Waals surface area contributed by atoms with Crippen LogP contribution < -0.4 is 5.32 Å². The van der Waals surface area contributed by atoms with E-state index < -0.39 is 0 Å². The van der Waals surface area contributed by atoms with Gasteiger partial charge in [-0.2, -0.15) is 0 Å². The molecule has 0 aliphatic carbocycles. The highest BCUT2D eigenvalue weighted by Gasteiger charge is 2.29. The van der Waals surface area contributed by atoms with Crippen molar-refractivity contribution in [3.05, 3.63) is 30.2 Å². The van der Waals surface area contributed by atoms with Crippen LogP contribution in [0.2, 0.25) is 0 Å². The third-order valence-corrected chi connectivity index (χ3v) is 4.30. The quantitative estimate of drug-likeness (QED) is 0.895. The Balaban J connectivity index is 1.51. The molecule has 0 radical (unpaired) electrons. The highest BCUT2D eigenvalue weighted by molar-refractivity contribution is 5.72. The van der Waals surface area contributed by atoms with E-state index in [4.69, 9.17) is 4.42 Å². The van der Waals surface area contributed by atoms with Crippen LogP contribution in [0.3, 0.4) is 0 Å². The molecular weight excluding hydrogens is 238 g/mol. The number of likely N-dealkylation sites (tertiary alicyclic amines) is 1. The summed E-state index contributed by atoms with van der Waals surface area (Å²) in [6, 6.07) is 9.39. The Kier molecular flexibility index (Phi) is 2.78. The lowest BCUT2D eigenvalue weighted by molar-refractivity contribution is 0.229. The molecule has 2 aliphatic heterocycles. The molecule has 1 aromatic carbocycles. The van der Waals surface area contributed by atoms with Crippen molar-refractivity contribution >= 4 is 11.1 Å². The van der Waals surface area contributed by atoms with E-state index in [0.717, 1.165) is 42.7 Å². The number of hydrogen-bond donors (Lipinski definition) is 1. The van der Waals surface area contributed by atoms with Crippen molar-refractivity contribution in [1.82, 2.24) is 15.2 Å². The fourth-order valence-corrected chi connectivity index (χ4v) is 3.34. The first-order valence-corrected chi connectivity index (χ1v) is 7.20. The van der Waals surface area contributed by atoms with Crippen molar-refractivity contribution in [2.45, 2.75) is 37.9 Å². The molecule has 4 heteroatoms. The van der Waals surface area contributed by atoms with Crippen LogP contribution in [-0.4, -0.2) is 35.1 Å². The van der Waals surface area contributed by atoms with Gasteiger partial charge < -0.3 is 9.73 Å². The van der Waals surface area contributed by atoms with Crippen LogP contribution in [0.15, 0.2) is 28.7 Å². The maximum atomic E-state index is 5.82. The SMILES string of the molecule is c1ccc2oc(CN3CCC4CCC(C3)N4)nc2c1. The standard InChI is InChI=1S/C15H19N3O/c1-2-4-14-13(3-1)17-15(19-14)10-18-8-7-11-5-6-12(9-18)16-11/h1-4,11-12,16H,5-10H2. The van der Waals surface area contributed by atoms with Crippen molar-refractivity contribution in [2.75, 3.05) is 13.1 Å². The Hall–Kier alpha value is -1.39. The monoisotopic (exact) mass is 257 g/mol. The Labute approximate surface area is 112 Å². The van der Waals surface area contributed by atoms with Gasteiger partial charge in [-0.15, -0.1) is 0 Å². The van der Waals surface area contributed by atoms with Crippen molar-refractivity contribution in [3.8, 4) is 0 Å². The molecule has 2 saturated heterocycles. The number of para-hydroxylation sites is 2. The number of benzene rings is 1. The summed E-state index contributed by atoms with van der Waals surface area (Å²) in [7, 11) is 0. The third-order valence-electron chi connectivity index (χ3n) is 4.30. The molecule has 4 nitrogen and oxygen atoms in total. The zero-order valence-electron chi connectivity index (χ0n) is 11.0. The molecule has 1 aromatic heterocycles. The molecule has 2 atom stereocenters. The summed E-state index contributed by atoms with van der Waals surface area (Å²) in [6.07, 6.45) is 3.91. The lowest BCUT2D eigenvalue weighted by Gasteiger charge is -2.22. The molecule has 4 rings (SSSR count). The van der Waals surface area contributed by atoms with Gasteiger partial charge in [0.1, 0.15) is 5.52 Å². The van der Waals surface area contributed by atoms with Crippen molar-refractivity contribution in [1.29, 1.82) is 0 Å². The Morgan fingerprint density at radius 2 is 2.11 bits per heavy atom. The van der Waals surface area contributed by atoms with Gasteiger partial charge in [0.15, 0.2) is 5.58 Å². The van der Waals surface area contributed by atoms with Crippen LogP contribution >= 0.6 is 0 Å². The van der Waals surface area contributed by atoms with Crippen molar-refractivity contribution < 1.29 is 4.42 Å². The minimum atomic E-state index is 0.664. The summed E-state index contributed by atoms with van der Waals surface area (Å²) in [6.45, 7) is 3.10. The van der Waals surface area contributed by atoms with E-state index in [9.17, 15) is 0 Å². The topological polar surface area (TPSA) is 41.3 Å². The van der Waals surface area contributed by atoms with Gasteiger partial charge in [0.25, 0.3) is 0 Å². The van der Waals surface area contributed by atoms with Crippen LogP contribution in [-0.2, 0) is 6.54 Å². The van der Waals surface area contributed by atoms with Crippen LogP contribution in [0.4, 0.5) is 0 Å². The molecule has 19 heavy (non-hydrogen) atoms. The lowest BCUT2D eigenvalue weighted by atomic mass is 10.1. The van der Waals surface area contributed by atoms with E-state index in [2.05, 4.69) is 15.2 Å². The first-order valence-electron chi connectivity index (χ1n) is 7.20. The molecule has 2 unspecified atom stereocenters. The van der Waals surface area contributed by atoms with Crippen LogP contribution in [0, 0.1) is 0 Å². The second kappa shape index (κ2) is 4.62. The average Bonchev–Trinajstić information content (AvgIpc) is 2.95. The van der Waals surface area contributed by atoms with Gasteiger partial charge in [-0.3, -0.25) is 4.90 Å². The molecule has 2 bridgehead atoms. The van der Waals surface area contributed by atoms with E-state index in [0.29, 0.717) is 6.04 Å². The predicted octanol–water partition coefficient (Wildman–Crippen LogP) is 2.15. The van der Waals surface area contributed by atoms with Crippen molar-refractivity contribution in [2.24, 2.45) is 0 Å². The van der Waals surface area contributed by atoms with Gasteiger partial charge in [0, 0.05) is 25.2 Å². The van der Waals surface area contributed by atoms with Gasteiger partial charge in [0.05, 0.1) is 6.54 Å². The summed E-state index contributed by atoms with van der Waals surface area (Å²) in [5, 5.41) is 3.70.